The summed E-state index contributed by atoms with van der Waals surface area (Å²) in [5, 5.41) is 0. The zero-order chi connectivity index (χ0) is 7.82. The zero-order valence-corrected chi connectivity index (χ0v) is 9.52. The van der Waals surface area contributed by atoms with Crippen molar-refractivity contribution in [2.75, 3.05) is 0 Å². The Hall–Kier alpha value is 0.177. The topological polar surface area (TPSA) is 9.23 Å². The Morgan fingerprint density at radius 3 is 2.30 bits per heavy atom. The van der Waals surface area contributed by atoms with Gasteiger partial charge in [-0.25, -0.2) is 0 Å². The van der Waals surface area contributed by atoms with E-state index >= 15 is 0 Å². The molecular formula is C8H20OSi. The summed E-state index contributed by atoms with van der Waals surface area (Å²) in [5.74, 6) is 0. The van der Waals surface area contributed by atoms with Crippen molar-refractivity contribution in [2.45, 2.75) is 52.1 Å². The summed E-state index contributed by atoms with van der Waals surface area (Å²) in [7, 11) is 0.903. The predicted octanol–water partition coefficient (Wildman–Crippen LogP) is 1.64. The molecule has 0 saturated heterocycles. The highest BCUT2D eigenvalue weighted by Gasteiger charge is 2.02. The van der Waals surface area contributed by atoms with Crippen molar-refractivity contribution in [1.82, 2.24) is 0 Å². The summed E-state index contributed by atoms with van der Waals surface area (Å²) in [6.07, 6.45) is 6.99. The lowest BCUT2D eigenvalue weighted by atomic mass is 10.1. The van der Waals surface area contributed by atoms with E-state index in [1.807, 2.05) is 0 Å². The van der Waals surface area contributed by atoms with Crippen molar-refractivity contribution in [2.24, 2.45) is 0 Å². The maximum atomic E-state index is 5.43. The minimum absolute atomic E-state index is 0.580. The molecule has 0 heterocycles. The molecule has 62 valence electrons. The Morgan fingerprint density at radius 2 is 1.90 bits per heavy atom. The molecule has 0 rings (SSSR count). The minimum atomic E-state index is 0.580. The van der Waals surface area contributed by atoms with Gasteiger partial charge in [-0.2, -0.15) is 0 Å². The smallest absolute Gasteiger partial charge is 0.146 e. The van der Waals surface area contributed by atoms with E-state index in [-0.39, 0.29) is 0 Å². The summed E-state index contributed by atoms with van der Waals surface area (Å²) >= 11 is 0. The SMILES string of the molecule is CCCCC(CCC)O[SiH3]. The Bertz CT molecular complexity index is 66.3. The Balaban J connectivity index is 3.21. The summed E-state index contributed by atoms with van der Waals surface area (Å²) in [4.78, 5) is 0. The van der Waals surface area contributed by atoms with Crippen molar-refractivity contribution in [3.63, 3.8) is 0 Å². The molecule has 1 unspecified atom stereocenters. The van der Waals surface area contributed by atoms with E-state index in [0.29, 0.717) is 6.10 Å². The minimum Gasteiger partial charge on any atom is -0.425 e. The molecule has 0 aromatic rings. The van der Waals surface area contributed by atoms with Gasteiger partial charge in [0.1, 0.15) is 10.5 Å². The van der Waals surface area contributed by atoms with Crippen LogP contribution in [0.2, 0.25) is 0 Å². The van der Waals surface area contributed by atoms with E-state index in [2.05, 4.69) is 13.8 Å². The van der Waals surface area contributed by atoms with Crippen LogP contribution in [0.4, 0.5) is 0 Å². The zero-order valence-electron chi connectivity index (χ0n) is 7.52. The van der Waals surface area contributed by atoms with E-state index in [1.165, 1.54) is 32.1 Å². The number of hydrogen-bond acceptors (Lipinski definition) is 1. The molecule has 0 saturated carbocycles. The first kappa shape index (κ1) is 10.2. The van der Waals surface area contributed by atoms with E-state index < -0.39 is 0 Å². The first-order chi connectivity index (χ1) is 4.85. The van der Waals surface area contributed by atoms with Crippen LogP contribution < -0.4 is 0 Å². The van der Waals surface area contributed by atoms with Gasteiger partial charge in [-0.1, -0.05) is 33.1 Å². The largest absolute Gasteiger partial charge is 0.425 e. The van der Waals surface area contributed by atoms with E-state index in [4.69, 9.17) is 4.43 Å². The van der Waals surface area contributed by atoms with Gasteiger partial charge in [-0.3, -0.25) is 0 Å². The van der Waals surface area contributed by atoms with Crippen LogP contribution in [0.5, 0.6) is 0 Å². The highest BCUT2D eigenvalue weighted by Crippen LogP contribution is 2.08. The second-order valence-corrected chi connectivity index (χ2v) is 3.26. The van der Waals surface area contributed by atoms with Crippen molar-refractivity contribution in [1.29, 1.82) is 0 Å². The molecule has 0 spiro atoms. The molecule has 0 fully saturated rings. The third-order valence-electron chi connectivity index (χ3n) is 1.82. The van der Waals surface area contributed by atoms with Crippen LogP contribution in [0.1, 0.15) is 46.0 Å². The van der Waals surface area contributed by atoms with E-state index in [9.17, 15) is 0 Å². The van der Waals surface area contributed by atoms with Crippen molar-refractivity contribution in [3.8, 4) is 0 Å². The summed E-state index contributed by atoms with van der Waals surface area (Å²) in [6, 6.07) is 0. The number of rotatable bonds is 6. The van der Waals surface area contributed by atoms with Crippen LogP contribution in [-0.2, 0) is 4.43 Å². The normalized spacial score (nSPS) is 13.8. The van der Waals surface area contributed by atoms with Gasteiger partial charge in [-0.05, 0) is 12.8 Å². The average molecular weight is 160 g/mol. The molecule has 10 heavy (non-hydrogen) atoms. The molecule has 0 aromatic heterocycles. The second-order valence-electron chi connectivity index (χ2n) is 2.79. The van der Waals surface area contributed by atoms with Crippen LogP contribution in [0.15, 0.2) is 0 Å². The Kier molecular flexibility index (Phi) is 7.41. The van der Waals surface area contributed by atoms with Gasteiger partial charge < -0.3 is 4.43 Å². The summed E-state index contributed by atoms with van der Waals surface area (Å²) < 4.78 is 5.43. The van der Waals surface area contributed by atoms with Crippen molar-refractivity contribution < 1.29 is 4.43 Å². The van der Waals surface area contributed by atoms with Crippen LogP contribution >= 0.6 is 0 Å². The Labute approximate surface area is 67.7 Å². The summed E-state index contributed by atoms with van der Waals surface area (Å²) in [5.41, 5.74) is 0. The van der Waals surface area contributed by atoms with Gasteiger partial charge in [0.15, 0.2) is 0 Å². The highest BCUT2D eigenvalue weighted by atomic mass is 28.2. The standard InChI is InChI=1S/C8H20OSi/c1-3-5-7-8(9-10)6-4-2/h8H,3-7H2,1-2,10H3. The average Bonchev–Trinajstić information content (AvgIpc) is 1.98. The molecule has 0 aliphatic carbocycles. The lowest BCUT2D eigenvalue weighted by Gasteiger charge is -2.13. The molecule has 0 radical (unpaired) electrons. The monoisotopic (exact) mass is 160 g/mol. The van der Waals surface area contributed by atoms with Gasteiger partial charge >= 0.3 is 0 Å². The highest BCUT2D eigenvalue weighted by molar-refractivity contribution is 5.98. The van der Waals surface area contributed by atoms with Crippen LogP contribution in [0, 0.1) is 0 Å². The molecule has 0 N–H and O–H groups in total. The molecule has 0 bridgehead atoms. The third kappa shape index (κ3) is 5.00. The lowest BCUT2D eigenvalue weighted by Crippen LogP contribution is -2.10. The molecule has 1 nitrogen and oxygen atoms in total. The molecule has 0 aliphatic rings. The fourth-order valence-electron chi connectivity index (χ4n) is 1.13. The first-order valence-electron chi connectivity index (χ1n) is 4.37. The molecule has 0 aliphatic heterocycles. The summed E-state index contributed by atoms with van der Waals surface area (Å²) in [6.45, 7) is 4.45. The molecule has 1 atom stereocenters. The predicted molar refractivity (Wildman–Crippen MR) is 49.2 cm³/mol. The molecular weight excluding hydrogens is 140 g/mol. The molecule has 0 amide bonds. The van der Waals surface area contributed by atoms with Gasteiger partial charge in [0.25, 0.3) is 0 Å². The fraction of sp³-hybridized carbons (Fsp3) is 1.00. The fourth-order valence-corrected chi connectivity index (χ4v) is 1.61. The number of unbranched alkanes of at least 4 members (excludes halogenated alkanes) is 1. The maximum absolute atomic E-state index is 5.43. The quantitative estimate of drug-likeness (QED) is 0.537. The van der Waals surface area contributed by atoms with Crippen LogP contribution in [0.3, 0.4) is 0 Å². The van der Waals surface area contributed by atoms with Crippen LogP contribution in [0.25, 0.3) is 0 Å². The van der Waals surface area contributed by atoms with Crippen LogP contribution in [-0.4, -0.2) is 16.6 Å². The first-order valence-corrected chi connectivity index (χ1v) is 5.19. The molecule has 2 heteroatoms. The van der Waals surface area contributed by atoms with E-state index in [1.54, 1.807) is 0 Å². The van der Waals surface area contributed by atoms with E-state index in [0.717, 1.165) is 10.5 Å². The second kappa shape index (κ2) is 7.29. The maximum Gasteiger partial charge on any atom is 0.146 e. The molecule has 0 aromatic carbocycles. The van der Waals surface area contributed by atoms with Crippen molar-refractivity contribution in [3.05, 3.63) is 0 Å². The van der Waals surface area contributed by atoms with Gasteiger partial charge in [-0.15, -0.1) is 0 Å². The number of hydrogen-bond donors (Lipinski definition) is 0. The van der Waals surface area contributed by atoms with Gasteiger partial charge in [0.2, 0.25) is 0 Å². The lowest BCUT2D eigenvalue weighted by molar-refractivity contribution is 0.194. The Morgan fingerprint density at radius 1 is 1.20 bits per heavy atom. The van der Waals surface area contributed by atoms with Crippen molar-refractivity contribution >= 4 is 10.5 Å². The third-order valence-corrected chi connectivity index (χ3v) is 2.49. The van der Waals surface area contributed by atoms with Gasteiger partial charge in [0, 0.05) is 6.10 Å². The van der Waals surface area contributed by atoms with Gasteiger partial charge in [0.05, 0.1) is 0 Å².